The van der Waals surface area contributed by atoms with Crippen molar-refractivity contribution < 1.29 is 14.6 Å². The van der Waals surface area contributed by atoms with Gasteiger partial charge in [-0.3, -0.25) is 0 Å². The first kappa shape index (κ1) is 14.0. The number of halogens is 1. The lowest BCUT2D eigenvalue weighted by atomic mass is 10.00. The van der Waals surface area contributed by atoms with Gasteiger partial charge in [0.1, 0.15) is 0 Å². The third-order valence-electron chi connectivity index (χ3n) is 2.47. The molecule has 0 amide bonds. The molecule has 0 aliphatic rings. The van der Waals surface area contributed by atoms with Crippen molar-refractivity contribution in [1.29, 1.82) is 0 Å². The molecule has 0 radical (unpaired) electrons. The van der Waals surface area contributed by atoms with Gasteiger partial charge in [-0.15, -0.1) is 0 Å². The number of ether oxygens (including phenoxy) is 1. The Balaban J connectivity index is 2.93. The summed E-state index contributed by atoms with van der Waals surface area (Å²) in [6, 6.07) is 5.13. The fraction of sp³-hybridized carbons (Fsp3) is 0.462. The van der Waals surface area contributed by atoms with Crippen LogP contribution in [0.4, 0.5) is 0 Å². The van der Waals surface area contributed by atoms with E-state index in [1.165, 1.54) is 0 Å². The average Bonchev–Trinajstić information content (AvgIpc) is 2.27. The van der Waals surface area contributed by atoms with Gasteiger partial charge in [0.25, 0.3) is 0 Å². The van der Waals surface area contributed by atoms with Gasteiger partial charge >= 0.3 is 5.97 Å². The summed E-state index contributed by atoms with van der Waals surface area (Å²) in [5.41, 5.74) is 1.45. The lowest BCUT2D eigenvalue weighted by Gasteiger charge is -2.13. The minimum Gasteiger partial charge on any atom is -0.464 e. The molecule has 0 fully saturated rings. The number of carbonyl (C=O) groups excluding carboxylic acids is 1. The summed E-state index contributed by atoms with van der Waals surface area (Å²) in [6.07, 6.45) is -1.27. The van der Waals surface area contributed by atoms with Crippen LogP contribution in [0.15, 0.2) is 18.2 Å². The van der Waals surface area contributed by atoms with Crippen molar-refractivity contribution in [1.82, 2.24) is 0 Å². The maximum atomic E-state index is 11.4. The molecule has 1 aromatic carbocycles. The third kappa shape index (κ3) is 3.45. The van der Waals surface area contributed by atoms with Crippen molar-refractivity contribution in [3.63, 3.8) is 0 Å². The van der Waals surface area contributed by atoms with Crippen LogP contribution in [0.3, 0.4) is 0 Å². The highest BCUT2D eigenvalue weighted by Crippen LogP contribution is 2.27. The van der Waals surface area contributed by atoms with Crippen molar-refractivity contribution >= 4 is 17.6 Å². The van der Waals surface area contributed by atoms with Crippen LogP contribution in [0, 0.1) is 0 Å². The van der Waals surface area contributed by atoms with Crippen LogP contribution in [0.1, 0.15) is 43.9 Å². The van der Waals surface area contributed by atoms with Crippen molar-refractivity contribution in [2.24, 2.45) is 0 Å². The number of benzene rings is 1. The molecule has 94 valence electrons. The monoisotopic (exact) mass is 256 g/mol. The van der Waals surface area contributed by atoms with Gasteiger partial charge in [0.2, 0.25) is 0 Å². The molecular weight excluding hydrogens is 240 g/mol. The first-order chi connectivity index (χ1) is 7.97. The topological polar surface area (TPSA) is 46.5 Å². The second kappa shape index (κ2) is 6.03. The summed E-state index contributed by atoms with van der Waals surface area (Å²) >= 11 is 6.09. The normalized spacial score (nSPS) is 12.6. The molecule has 1 N–H and O–H groups in total. The van der Waals surface area contributed by atoms with E-state index >= 15 is 0 Å². The van der Waals surface area contributed by atoms with E-state index in [1.54, 1.807) is 19.1 Å². The summed E-state index contributed by atoms with van der Waals surface area (Å²) in [4.78, 5) is 11.4. The molecule has 1 atom stereocenters. The van der Waals surface area contributed by atoms with Crippen LogP contribution in [0.5, 0.6) is 0 Å². The molecule has 3 nitrogen and oxygen atoms in total. The highest BCUT2D eigenvalue weighted by molar-refractivity contribution is 6.31. The predicted octanol–water partition coefficient (Wildman–Crippen LogP) is 3.06. The summed E-state index contributed by atoms with van der Waals surface area (Å²) < 4.78 is 4.74. The highest BCUT2D eigenvalue weighted by Gasteiger charge is 2.19. The molecule has 0 aromatic heterocycles. The van der Waals surface area contributed by atoms with Crippen LogP contribution in [-0.4, -0.2) is 17.7 Å². The molecule has 0 saturated heterocycles. The maximum absolute atomic E-state index is 11.4. The summed E-state index contributed by atoms with van der Waals surface area (Å²) in [6.45, 7) is 6.00. The Labute approximate surface area is 106 Å². The van der Waals surface area contributed by atoms with E-state index in [1.807, 2.05) is 19.9 Å². The quantitative estimate of drug-likeness (QED) is 0.843. The SMILES string of the molecule is CCOC(=O)C(O)c1ccc(C(C)C)c(Cl)c1. The molecule has 4 heteroatoms. The first-order valence-corrected chi connectivity index (χ1v) is 5.99. The van der Waals surface area contributed by atoms with E-state index in [4.69, 9.17) is 16.3 Å². The van der Waals surface area contributed by atoms with Crippen LogP contribution in [-0.2, 0) is 9.53 Å². The molecule has 1 unspecified atom stereocenters. The third-order valence-corrected chi connectivity index (χ3v) is 2.80. The van der Waals surface area contributed by atoms with Gasteiger partial charge in [-0.05, 0) is 30.0 Å². The fourth-order valence-electron chi connectivity index (χ4n) is 1.54. The van der Waals surface area contributed by atoms with Gasteiger partial charge in [0.15, 0.2) is 6.10 Å². The predicted molar refractivity (Wildman–Crippen MR) is 67.1 cm³/mol. The van der Waals surface area contributed by atoms with Gasteiger partial charge in [-0.1, -0.05) is 37.6 Å². The molecular formula is C13H17ClO3. The molecule has 0 saturated carbocycles. The number of hydrogen-bond acceptors (Lipinski definition) is 3. The molecule has 0 bridgehead atoms. The molecule has 1 aromatic rings. The van der Waals surface area contributed by atoms with E-state index in [2.05, 4.69) is 0 Å². The Morgan fingerprint density at radius 2 is 2.12 bits per heavy atom. The van der Waals surface area contributed by atoms with E-state index < -0.39 is 12.1 Å². The molecule has 1 rings (SSSR count). The minimum absolute atomic E-state index is 0.244. The van der Waals surface area contributed by atoms with Crippen LogP contribution >= 0.6 is 11.6 Å². The van der Waals surface area contributed by atoms with E-state index in [9.17, 15) is 9.90 Å². The van der Waals surface area contributed by atoms with Crippen molar-refractivity contribution in [3.05, 3.63) is 34.3 Å². The molecule has 17 heavy (non-hydrogen) atoms. The smallest absolute Gasteiger partial charge is 0.339 e. The van der Waals surface area contributed by atoms with Crippen LogP contribution in [0.2, 0.25) is 5.02 Å². The molecule has 0 aliphatic heterocycles. The van der Waals surface area contributed by atoms with Crippen molar-refractivity contribution in [3.8, 4) is 0 Å². The van der Waals surface area contributed by atoms with Crippen molar-refractivity contribution in [2.75, 3.05) is 6.61 Å². The zero-order valence-electron chi connectivity index (χ0n) is 10.2. The fourth-order valence-corrected chi connectivity index (χ4v) is 1.95. The Kier molecular flexibility index (Phi) is 4.97. The van der Waals surface area contributed by atoms with Gasteiger partial charge in [-0.2, -0.15) is 0 Å². The van der Waals surface area contributed by atoms with Gasteiger partial charge in [-0.25, -0.2) is 4.79 Å². The summed E-state index contributed by atoms with van der Waals surface area (Å²) in [7, 11) is 0. The lowest BCUT2D eigenvalue weighted by Crippen LogP contribution is -2.15. The lowest BCUT2D eigenvalue weighted by molar-refractivity contribution is -0.153. The second-order valence-electron chi connectivity index (χ2n) is 4.09. The standard InChI is InChI=1S/C13H17ClO3/c1-4-17-13(16)12(15)9-5-6-10(8(2)3)11(14)7-9/h5-8,12,15H,4H2,1-3H3. The summed E-state index contributed by atoms with van der Waals surface area (Å²) in [5, 5.41) is 10.3. The number of hydrogen-bond donors (Lipinski definition) is 1. The number of aliphatic hydroxyl groups excluding tert-OH is 1. The molecule has 0 heterocycles. The minimum atomic E-state index is -1.27. The summed E-state index contributed by atoms with van der Waals surface area (Å²) in [5.74, 6) is -0.350. The Hall–Kier alpha value is -1.06. The molecule has 0 spiro atoms. The Morgan fingerprint density at radius 1 is 1.47 bits per heavy atom. The van der Waals surface area contributed by atoms with Crippen molar-refractivity contribution in [2.45, 2.75) is 32.8 Å². The zero-order valence-corrected chi connectivity index (χ0v) is 11.0. The van der Waals surface area contributed by atoms with E-state index in [-0.39, 0.29) is 6.61 Å². The number of carbonyl (C=O) groups is 1. The second-order valence-corrected chi connectivity index (χ2v) is 4.50. The van der Waals surface area contributed by atoms with Crippen LogP contribution in [0.25, 0.3) is 0 Å². The van der Waals surface area contributed by atoms with Gasteiger partial charge in [0.05, 0.1) is 6.61 Å². The number of rotatable bonds is 4. The van der Waals surface area contributed by atoms with Crippen LogP contribution < -0.4 is 0 Å². The maximum Gasteiger partial charge on any atom is 0.339 e. The van der Waals surface area contributed by atoms with Gasteiger partial charge < -0.3 is 9.84 Å². The average molecular weight is 257 g/mol. The Morgan fingerprint density at radius 3 is 2.59 bits per heavy atom. The van der Waals surface area contributed by atoms with E-state index in [0.717, 1.165) is 5.56 Å². The zero-order chi connectivity index (χ0) is 13.0. The van der Waals surface area contributed by atoms with Gasteiger partial charge in [0, 0.05) is 5.02 Å². The van der Waals surface area contributed by atoms with E-state index in [0.29, 0.717) is 16.5 Å². The highest BCUT2D eigenvalue weighted by atomic mass is 35.5. The number of esters is 1. The molecule has 0 aliphatic carbocycles. The number of aliphatic hydroxyl groups is 1. The largest absolute Gasteiger partial charge is 0.464 e. The Bertz CT molecular complexity index is 402. The first-order valence-electron chi connectivity index (χ1n) is 5.61.